The van der Waals surface area contributed by atoms with Crippen molar-refractivity contribution in [1.29, 1.82) is 0 Å². The van der Waals surface area contributed by atoms with Crippen molar-refractivity contribution in [3.05, 3.63) is 47.6 Å². The van der Waals surface area contributed by atoms with Crippen molar-refractivity contribution in [1.82, 2.24) is 0 Å². The zero-order valence-corrected chi connectivity index (χ0v) is 20.9. The zero-order chi connectivity index (χ0) is 22.1. The molecule has 4 aliphatic rings. The van der Waals surface area contributed by atoms with Gasteiger partial charge in [0.15, 0.2) is 0 Å². The number of allylic oxidation sites excluding steroid dienone is 6. The van der Waals surface area contributed by atoms with Crippen LogP contribution in [0.5, 0.6) is 0 Å². The van der Waals surface area contributed by atoms with Gasteiger partial charge in [-0.25, -0.2) is 0 Å². The lowest BCUT2D eigenvalue weighted by atomic mass is 9.57. The average molecular weight is 409 g/mol. The van der Waals surface area contributed by atoms with E-state index in [9.17, 15) is 0 Å². The molecule has 0 N–H and O–H groups in total. The molecule has 0 aromatic heterocycles. The Labute approximate surface area is 188 Å². The zero-order valence-electron chi connectivity index (χ0n) is 20.9. The van der Waals surface area contributed by atoms with E-state index < -0.39 is 0 Å². The van der Waals surface area contributed by atoms with E-state index in [0.717, 1.165) is 23.7 Å². The Morgan fingerprint density at radius 1 is 0.733 bits per heavy atom. The molecule has 0 saturated heterocycles. The highest BCUT2D eigenvalue weighted by molar-refractivity contribution is 5.18. The number of rotatable bonds is 2. The fraction of sp³-hybridized carbons (Fsp3) is 0.733. The van der Waals surface area contributed by atoms with Gasteiger partial charge in [0.05, 0.1) is 0 Å². The van der Waals surface area contributed by atoms with Crippen LogP contribution < -0.4 is 0 Å². The van der Waals surface area contributed by atoms with Gasteiger partial charge in [-0.2, -0.15) is 0 Å². The lowest BCUT2D eigenvalue weighted by Crippen LogP contribution is -2.37. The van der Waals surface area contributed by atoms with Crippen molar-refractivity contribution in [2.75, 3.05) is 0 Å². The molecule has 168 valence electrons. The van der Waals surface area contributed by atoms with Crippen molar-refractivity contribution in [2.24, 2.45) is 34.5 Å². The molecule has 2 saturated carbocycles. The summed E-state index contributed by atoms with van der Waals surface area (Å²) >= 11 is 0. The fourth-order valence-electron chi connectivity index (χ4n) is 7.24. The van der Waals surface area contributed by atoms with Gasteiger partial charge in [0.1, 0.15) is 0 Å². The van der Waals surface area contributed by atoms with Gasteiger partial charge in [0.2, 0.25) is 0 Å². The molecular weight excluding hydrogens is 360 g/mol. The third-order valence-corrected chi connectivity index (χ3v) is 9.71. The maximum atomic E-state index is 4.14. The first-order valence-corrected chi connectivity index (χ1v) is 12.7. The van der Waals surface area contributed by atoms with Crippen molar-refractivity contribution >= 4 is 0 Å². The monoisotopic (exact) mass is 408 g/mol. The van der Waals surface area contributed by atoms with Crippen molar-refractivity contribution in [3.63, 3.8) is 0 Å². The predicted octanol–water partition coefficient (Wildman–Crippen LogP) is 9.45. The molecule has 0 amide bonds. The second kappa shape index (κ2) is 9.22. The molecule has 0 aromatic carbocycles. The lowest BCUT2D eigenvalue weighted by molar-refractivity contribution is 0.0981. The maximum absolute atomic E-state index is 4.14. The van der Waals surface area contributed by atoms with E-state index >= 15 is 0 Å². The molecule has 0 radical (unpaired) electrons. The first kappa shape index (κ1) is 23.6. The molecule has 0 unspecified atom stereocenters. The molecule has 0 heteroatoms. The van der Waals surface area contributed by atoms with Crippen molar-refractivity contribution < 1.29 is 0 Å². The quantitative estimate of drug-likeness (QED) is 0.399. The number of hydrogen-bond donors (Lipinski definition) is 0. The Morgan fingerprint density at radius 3 is 1.43 bits per heavy atom. The molecule has 4 aliphatic carbocycles. The molecule has 0 nitrogen and oxygen atoms in total. The molecule has 30 heavy (non-hydrogen) atoms. The summed E-state index contributed by atoms with van der Waals surface area (Å²) in [5.41, 5.74) is 7.30. The van der Waals surface area contributed by atoms with E-state index in [1.54, 1.807) is 11.1 Å². The summed E-state index contributed by atoms with van der Waals surface area (Å²) in [6, 6.07) is 0. The normalized spacial score (nSPS) is 40.6. The maximum Gasteiger partial charge on any atom is -0.0146 e. The Balaban J connectivity index is 0.000000171. The summed E-state index contributed by atoms with van der Waals surface area (Å²) in [6.07, 6.45) is 18.6. The molecule has 0 aromatic rings. The third kappa shape index (κ3) is 4.89. The minimum absolute atomic E-state index is 0.602. The van der Waals surface area contributed by atoms with Crippen LogP contribution in [0.3, 0.4) is 0 Å². The van der Waals surface area contributed by atoms with E-state index in [2.05, 4.69) is 66.9 Å². The lowest BCUT2D eigenvalue weighted by Gasteiger charge is -2.47. The van der Waals surface area contributed by atoms with Crippen LogP contribution in [-0.2, 0) is 0 Å². The molecule has 2 fully saturated rings. The highest BCUT2D eigenvalue weighted by Crippen LogP contribution is 2.54. The van der Waals surface area contributed by atoms with Gasteiger partial charge < -0.3 is 0 Å². The minimum atomic E-state index is 0.602. The smallest absolute Gasteiger partial charge is 0.0146 e. The molecule has 0 spiro atoms. The summed E-state index contributed by atoms with van der Waals surface area (Å²) in [6.45, 7) is 22.4. The topological polar surface area (TPSA) is 0 Å². The molecule has 0 aliphatic heterocycles. The summed E-state index contributed by atoms with van der Waals surface area (Å²) in [7, 11) is 0. The van der Waals surface area contributed by atoms with E-state index in [-0.39, 0.29) is 0 Å². The average Bonchev–Trinajstić information content (AvgIpc) is 2.67. The van der Waals surface area contributed by atoms with E-state index in [1.165, 1.54) is 75.4 Å². The molecule has 0 bridgehead atoms. The highest BCUT2D eigenvalue weighted by Gasteiger charge is 2.42. The Kier molecular flexibility index (Phi) is 7.26. The molecule has 4 rings (SSSR count). The van der Waals surface area contributed by atoms with Crippen LogP contribution in [0.4, 0.5) is 0 Å². The second-order valence-corrected chi connectivity index (χ2v) is 12.0. The SMILES string of the molecule is C=C(C)[C@@H]1CC[C@@]2(C)CCC=C(C)[C@@H]2C1.C=C(C)[C@@H]1CC[C@@]2(C)CCC=C(C)[C@@H]2C1. The number of fused-ring (bicyclic) bond motifs is 2. The summed E-state index contributed by atoms with van der Waals surface area (Å²) in [5, 5.41) is 0. The van der Waals surface area contributed by atoms with Gasteiger partial charge in [0, 0.05) is 0 Å². The summed E-state index contributed by atoms with van der Waals surface area (Å²) in [4.78, 5) is 0. The fourth-order valence-corrected chi connectivity index (χ4v) is 7.24. The first-order chi connectivity index (χ1) is 14.1. The van der Waals surface area contributed by atoms with E-state index in [1.807, 2.05) is 0 Å². The Morgan fingerprint density at radius 2 is 1.10 bits per heavy atom. The first-order valence-electron chi connectivity index (χ1n) is 12.7. The molecule has 6 atom stereocenters. The summed E-state index contributed by atoms with van der Waals surface area (Å²) in [5.74, 6) is 3.23. The van der Waals surface area contributed by atoms with Crippen LogP contribution in [0.2, 0.25) is 0 Å². The largest absolute Gasteiger partial charge is 0.0999 e. The standard InChI is InChI=1S/2C15H24/c2*1-11(2)13-7-9-15(4)8-5-6-12(3)14(15)10-13/h2*6,13-14H,1,5,7-10H2,2-4H3/t2*13-,14+,15-/m11/s1. The molecular formula is C30H48. The summed E-state index contributed by atoms with van der Waals surface area (Å²) < 4.78 is 0. The minimum Gasteiger partial charge on any atom is -0.0999 e. The Bertz CT molecular complexity index is 656. The van der Waals surface area contributed by atoms with Crippen molar-refractivity contribution in [2.45, 2.75) is 106 Å². The van der Waals surface area contributed by atoms with E-state index in [4.69, 9.17) is 0 Å². The van der Waals surface area contributed by atoms with Crippen LogP contribution in [0.15, 0.2) is 47.6 Å². The number of hydrogen-bond acceptors (Lipinski definition) is 0. The van der Waals surface area contributed by atoms with Crippen LogP contribution >= 0.6 is 0 Å². The Hall–Kier alpha value is -1.04. The predicted molar refractivity (Wildman–Crippen MR) is 133 cm³/mol. The van der Waals surface area contributed by atoms with Crippen LogP contribution in [-0.4, -0.2) is 0 Å². The van der Waals surface area contributed by atoms with Gasteiger partial charge in [-0.05, 0) is 126 Å². The molecule has 0 heterocycles. The van der Waals surface area contributed by atoms with Gasteiger partial charge in [-0.1, -0.05) is 61.4 Å². The van der Waals surface area contributed by atoms with Gasteiger partial charge in [0.25, 0.3) is 0 Å². The van der Waals surface area contributed by atoms with Crippen LogP contribution in [0, 0.1) is 34.5 Å². The third-order valence-electron chi connectivity index (χ3n) is 9.71. The van der Waals surface area contributed by atoms with Gasteiger partial charge in [-0.15, -0.1) is 0 Å². The van der Waals surface area contributed by atoms with Crippen LogP contribution in [0.1, 0.15) is 106 Å². The highest BCUT2D eigenvalue weighted by atomic mass is 14.5. The van der Waals surface area contributed by atoms with Crippen molar-refractivity contribution in [3.8, 4) is 0 Å². The van der Waals surface area contributed by atoms with E-state index in [0.29, 0.717) is 10.8 Å². The van der Waals surface area contributed by atoms with Gasteiger partial charge in [-0.3, -0.25) is 0 Å². The second-order valence-electron chi connectivity index (χ2n) is 12.0. The van der Waals surface area contributed by atoms with Gasteiger partial charge >= 0.3 is 0 Å². The van der Waals surface area contributed by atoms with Crippen LogP contribution in [0.25, 0.3) is 0 Å².